The molecule has 0 radical (unpaired) electrons. The van der Waals surface area contributed by atoms with Gasteiger partial charge in [0.05, 0.1) is 17.3 Å². The molecule has 1 amide bonds. The number of nitrogens with one attached hydrogen (secondary N) is 1. The number of hydrogen-bond donors (Lipinski definition) is 1. The van der Waals surface area contributed by atoms with Crippen LogP contribution in [0.4, 0.5) is 0 Å². The van der Waals surface area contributed by atoms with Crippen molar-refractivity contribution in [3.63, 3.8) is 0 Å². The van der Waals surface area contributed by atoms with Gasteiger partial charge in [0, 0.05) is 38.3 Å². The van der Waals surface area contributed by atoms with Crippen molar-refractivity contribution >= 4 is 5.91 Å². The number of rotatable bonds is 3. The number of aromatic amines is 1. The molecule has 142 valence electrons. The molecule has 4 heterocycles. The highest BCUT2D eigenvalue weighted by Crippen LogP contribution is 2.31. The highest BCUT2D eigenvalue weighted by molar-refractivity contribution is 5.92. The number of carbonyl (C=O) groups excluding carboxylic acids is 1. The van der Waals surface area contributed by atoms with Crippen LogP contribution in [0.2, 0.25) is 0 Å². The second-order valence-electron chi connectivity index (χ2n) is 7.56. The Labute approximate surface area is 158 Å². The van der Waals surface area contributed by atoms with Crippen LogP contribution in [-0.4, -0.2) is 49.8 Å². The maximum absolute atomic E-state index is 12.9. The number of pyridine rings is 1. The predicted octanol–water partition coefficient (Wildman–Crippen LogP) is 1.91. The number of aromatic nitrogens is 3. The summed E-state index contributed by atoms with van der Waals surface area (Å²) in [7, 11) is 0. The van der Waals surface area contributed by atoms with Gasteiger partial charge in [-0.25, -0.2) is 4.98 Å². The molecule has 0 spiro atoms. The summed E-state index contributed by atoms with van der Waals surface area (Å²) in [5.74, 6) is 0.503. The van der Waals surface area contributed by atoms with Crippen LogP contribution in [0.5, 0.6) is 0 Å². The maximum Gasteiger partial charge on any atom is 0.273 e. The van der Waals surface area contributed by atoms with E-state index in [9.17, 15) is 9.59 Å². The first-order chi connectivity index (χ1) is 13.0. The van der Waals surface area contributed by atoms with Gasteiger partial charge in [-0.05, 0) is 38.8 Å². The molecular formula is C20H25N5O2. The largest absolute Gasteiger partial charge is 0.327 e. The van der Waals surface area contributed by atoms with Crippen LogP contribution >= 0.6 is 0 Å². The summed E-state index contributed by atoms with van der Waals surface area (Å²) < 4.78 is 0. The first kappa shape index (κ1) is 17.9. The predicted molar refractivity (Wildman–Crippen MR) is 101 cm³/mol. The molecule has 4 rings (SSSR count). The Balaban J connectivity index is 1.63. The van der Waals surface area contributed by atoms with Gasteiger partial charge in [-0.1, -0.05) is 6.07 Å². The van der Waals surface area contributed by atoms with E-state index in [1.54, 1.807) is 23.2 Å². The average molecular weight is 367 g/mol. The number of nitrogens with zero attached hydrogens (tertiary/aromatic N) is 4. The summed E-state index contributed by atoms with van der Waals surface area (Å²) in [6.07, 6.45) is 4.09. The molecule has 7 nitrogen and oxygen atoms in total. The van der Waals surface area contributed by atoms with Gasteiger partial charge in [-0.2, -0.15) is 0 Å². The summed E-state index contributed by atoms with van der Waals surface area (Å²) in [5.41, 5.74) is 2.00. The van der Waals surface area contributed by atoms with Crippen LogP contribution in [0.15, 0.2) is 29.2 Å². The van der Waals surface area contributed by atoms with E-state index in [1.165, 1.54) is 0 Å². The molecule has 1 saturated heterocycles. The number of hydrogen-bond acceptors (Lipinski definition) is 5. The van der Waals surface area contributed by atoms with E-state index in [0.717, 1.165) is 37.1 Å². The zero-order chi connectivity index (χ0) is 19.0. The fourth-order valence-electron chi connectivity index (χ4n) is 3.99. The monoisotopic (exact) mass is 367 g/mol. The SMILES string of the molecule is CC(C)N1CCc2nc([C@H]3CCCN3C(=O)c3ccccn3)[nH]c(=O)c2C1. The fourth-order valence-corrected chi connectivity index (χ4v) is 3.99. The molecule has 0 unspecified atom stereocenters. The van der Waals surface area contributed by atoms with Crippen molar-refractivity contribution in [1.29, 1.82) is 0 Å². The lowest BCUT2D eigenvalue weighted by atomic mass is 10.0. The molecule has 2 aliphatic rings. The van der Waals surface area contributed by atoms with Crippen molar-refractivity contribution in [2.75, 3.05) is 13.1 Å². The van der Waals surface area contributed by atoms with E-state index < -0.39 is 0 Å². The van der Waals surface area contributed by atoms with Gasteiger partial charge in [0.1, 0.15) is 11.5 Å². The maximum atomic E-state index is 12.9. The normalized spacial score (nSPS) is 20.1. The van der Waals surface area contributed by atoms with E-state index in [1.807, 2.05) is 6.07 Å². The van der Waals surface area contributed by atoms with Crippen molar-refractivity contribution < 1.29 is 4.79 Å². The van der Waals surface area contributed by atoms with Crippen LogP contribution in [-0.2, 0) is 13.0 Å². The molecule has 1 atom stereocenters. The highest BCUT2D eigenvalue weighted by Gasteiger charge is 2.34. The van der Waals surface area contributed by atoms with Gasteiger partial charge >= 0.3 is 0 Å². The second-order valence-corrected chi connectivity index (χ2v) is 7.56. The fraction of sp³-hybridized carbons (Fsp3) is 0.500. The number of amides is 1. The quantitative estimate of drug-likeness (QED) is 0.896. The molecule has 7 heteroatoms. The van der Waals surface area contributed by atoms with E-state index in [0.29, 0.717) is 30.6 Å². The van der Waals surface area contributed by atoms with Crippen molar-refractivity contribution in [1.82, 2.24) is 24.8 Å². The Bertz CT molecular complexity index is 893. The molecule has 2 aromatic rings. The first-order valence-corrected chi connectivity index (χ1v) is 9.62. The van der Waals surface area contributed by atoms with E-state index in [2.05, 4.69) is 28.7 Å². The molecule has 1 fully saturated rings. The van der Waals surface area contributed by atoms with Gasteiger partial charge in [0.2, 0.25) is 0 Å². The number of carbonyl (C=O) groups is 1. The minimum Gasteiger partial charge on any atom is -0.327 e. The summed E-state index contributed by atoms with van der Waals surface area (Å²) in [6, 6.07) is 5.53. The summed E-state index contributed by atoms with van der Waals surface area (Å²) >= 11 is 0. The van der Waals surface area contributed by atoms with Crippen LogP contribution in [0.3, 0.4) is 0 Å². The number of H-pyrrole nitrogens is 1. The minimum atomic E-state index is -0.194. The van der Waals surface area contributed by atoms with Crippen molar-refractivity contribution in [3.8, 4) is 0 Å². The van der Waals surface area contributed by atoms with Crippen LogP contribution in [0.25, 0.3) is 0 Å². The standard InChI is InChI=1S/C20H25N5O2/c1-13(2)24-11-8-15-14(12-24)19(26)23-18(22-15)17-7-5-10-25(17)20(27)16-6-3-4-9-21-16/h3-4,6,9,13,17H,5,7-8,10-12H2,1-2H3,(H,22,23,26)/t17-/m1/s1. The highest BCUT2D eigenvalue weighted by atomic mass is 16.2. The van der Waals surface area contributed by atoms with Gasteiger partial charge in [-0.3, -0.25) is 19.5 Å². The number of likely N-dealkylation sites (tertiary alicyclic amines) is 1. The van der Waals surface area contributed by atoms with Crippen molar-refractivity contribution in [2.24, 2.45) is 0 Å². The van der Waals surface area contributed by atoms with Crippen LogP contribution in [0, 0.1) is 0 Å². The third kappa shape index (κ3) is 3.39. The summed E-state index contributed by atoms with van der Waals surface area (Å²) in [5, 5.41) is 0. The Hall–Kier alpha value is -2.54. The summed E-state index contributed by atoms with van der Waals surface area (Å²) in [6.45, 7) is 6.47. The van der Waals surface area contributed by atoms with E-state index in [-0.39, 0.29) is 17.5 Å². The lowest BCUT2D eigenvalue weighted by molar-refractivity contribution is 0.0723. The molecule has 1 N–H and O–H groups in total. The second kappa shape index (κ2) is 7.23. The Kier molecular flexibility index (Phi) is 4.78. The molecular weight excluding hydrogens is 342 g/mol. The lowest BCUT2D eigenvalue weighted by Gasteiger charge is -2.31. The molecule has 2 aliphatic heterocycles. The van der Waals surface area contributed by atoms with Gasteiger partial charge in [0.15, 0.2) is 0 Å². The zero-order valence-corrected chi connectivity index (χ0v) is 15.8. The van der Waals surface area contributed by atoms with Crippen molar-refractivity contribution in [3.05, 3.63) is 57.5 Å². The summed E-state index contributed by atoms with van der Waals surface area (Å²) in [4.78, 5) is 41.6. The Morgan fingerprint density at radius 1 is 1.30 bits per heavy atom. The third-order valence-electron chi connectivity index (χ3n) is 5.56. The molecule has 0 aliphatic carbocycles. The van der Waals surface area contributed by atoms with Gasteiger partial charge < -0.3 is 9.88 Å². The Morgan fingerprint density at radius 2 is 2.15 bits per heavy atom. The van der Waals surface area contributed by atoms with Crippen LogP contribution < -0.4 is 5.56 Å². The first-order valence-electron chi connectivity index (χ1n) is 9.62. The van der Waals surface area contributed by atoms with E-state index in [4.69, 9.17) is 4.98 Å². The molecule has 27 heavy (non-hydrogen) atoms. The number of fused-ring (bicyclic) bond motifs is 1. The minimum absolute atomic E-state index is 0.0718. The van der Waals surface area contributed by atoms with Gasteiger partial charge in [-0.15, -0.1) is 0 Å². The third-order valence-corrected chi connectivity index (χ3v) is 5.56. The van der Waals surface area contributed by atoms with Crippen molar-refractivity contribution in [2.45, 2.75) is 51.7 Å². The van der Waals surface area contributed by atoms with E-state index >= 15 is 0 Å². The molecule has 2 aromatic heterocycles. The smallest absolute Gasteiger partial charge is 0.273 e. The Morgan fingerprint density at radius 3 is 2.89 bits per heavy atom. The molecule has 0 bridgehead atoms. The van der Waals surface area contributed by atoms with Gasteiger partial charge in [0.25, 0.3) is 11.5 Å². The molecule has 0 saturated carbocycles. The van der Waals surface area contributed by atoms with Crippen LogP contribution in [0.1, 0.15) is 60.3 Å². The topological polar surface area (TPSA) is 82.2 Å². The lowest BCUT2D eigenvalue weighted by Crippen LogP contribution is -2.40. The zero-order valence-electron chi connectivity index (χ0n) is 15.8. The average Bonchev–Trinajstić information content (AvgIpc) is 3.17. The molecule has 0 aromatic carbocycles.